The number of carbonyl (C=O) groups is 3. The highest BCUT2D eigenvalue weighted by Crippen LogP contribution is 2.61. The molecule has 7 atom stereocenters. The lowest BCUT2D eigenvalue weighted by Crippen LogP contribution is -2.46. The van der Waals surface area contributed by atoms with E-state index in [0.717, 1.165) is 54.7 Å². The molecule has 67 heavy (non-hydrogen) atoms. The quantitative estimate of drug-likeness (QED) is 0.0260. The number of anilines is 1. The van der Waals surface area contributed by atoms with Gasteiger partial charge in [-0.05, 0) is 32.1 Å². The Balaban J connectivity index is 1.30. The van der Waals surface area contributed by atoms with E-state index in [0.29, 0.717) is 12.2 Å². The SMILES string of the molecule is CCCCCC/C=C\CCCCCCCCCC(=O)SCCNC(=O)CCNC(=O)[C@H](O)C(C)(C)COP(=O)(O)OP(=O)(O)OC[C@H]1O[C@@H](n2cnc3c(N)ncnc32)C(O)[C@H]1OP(=O)(O)O. The number of aromatic nitrogens is 4. The van der Waals surface area contributed by atoms with Gasteiger partial charge in [-0.1, -0.05) is 96.1 Å². The van der Waals surface area contributed by atoms with E-state index in [1.165, 1.54) is 71.6 Å². The third kappa shape index (κ3) is 21.9. The zero-order chi connectivity index (χ0) is 49.7. The molecule has 3 rings (SSSR count). The second kappa shape index (κ2) is 28.8. The van der Waals surface area contributed by atoms with Crippen molar-refractivity contribution in [1.29, 1.82) is 0 Å². The summed E-state index contributed by atoms with van der Waals surface area (Å²) in [5, 5.41) is 26.7. The molecule has 1 saturated heterocycles. The molecule has 0 spiro atoms. The van der Waals surface area contributed by atoms with Gasteiger partial charge in [-0.3, -0.25) is 32.5 Å². The topological polar surface area (TPSA) is 364 Å². The second-order valence-electron chi connectivity index (χ2n) is 16.6. The number of unbranched alkanes of at least 4 members (excludes halogenated alkanes) is 11. The van der Waals surface area contributed by atoms with Crippen molar-refractivity contribution in [2.24, 2.45) is 5.41 Å². The maximum Gasteiger partial charge on any atom is 0.481 e. The van der Waals surface area contributed by atoms with E-state index in [9.17, 15) is 57.9 Å². The van der Waals surface area contributed by atoms with Gasteiger partial charge in [-0.25, -0.2) is 28.6 Å². The van der Waals surface area contributed by atoms with E-state index in [1.54, 1.807) is 0 Å². The minimum Gasteiger partial charge on any atom is -0.386 e. The molecule has 0 bridgehead atoms. The molecule has 24 nitrogen and oxygen atoms in total. The number of allylic oxidation sites excluding steroid dienone is 2. The summed E-state index contributed by atoms with van der Waals surface area (Å²) in [5.74, 6) is -1.03. The lowest BCUT2D eigenvalue weighted by Gasteiger charge is -2.30. The van der Waals surface area contributed by atoms with Crippen molar-refractivity contribution in [2.45, 2.75) is 148 Å². The summed E-state index contributed by atoms with van der Waals surface area (Å²) >= 11 is 1.15. The molecule has 1 aliphatic rings. The number of ether oxygens (including phenoxy) is 1. The van der Waals surface area contributed by atoms with Crippen LogP contribution in [0, 0.1) is 5.41 Å². The maximum absolute atomic E-state index is 12.7. The number of thioether (sulfide) groups is 1. The largest absolute Gasteiger partial charge is 0.481 e. The molecule has 0 aromatic carbocycles. The van der Waals surface area contributed by atoms with Gasteiger partial charge in [0.1, 0.15) is 36.3 Å². The number of aliphatic hydroxyl groups is 2. The van der Waals surface area contributed by atoms with Crippen LogP contribution in [0.4, 0.5) is 5.82 Å². The highest BCUT2D eigenvalue weighted by molar-refractivity contribution is 8.13. The minimum absolute atomic E-state index is 0.0332. The third-order valence-corrected chi connectivity index (χ3v) is 14.4. The van der Waals surface area contributed by atoms with Gasteiger partial charge in [-0.15, -0.1) is 0 Å². The van der Waals surface area contributed by atoms with E-state index in [4.69, 9.17) is 19.5 Å². The molecule has 3 heterocycles. The van der Waals surface area contributed by atoms with Crippen LogP contribution in [-0.2, 0) is 50.7 Å². The first-order valence-corrected chi connectivity index (χ1v) is 27.8. The maximum atomic E-state index is 12.7. The highest BCUT2D eigenvalue weighted by atomic mass is 32.2. The fourth-order valence-corrected chi connectivity index (χ4v) is 10.3. The van der Waals surface area contributed by atoms with Crippen LogP contribution in [0.2, 0.25) is 0 Å². The van der Waals surface area contributed by atoms with Crippen molar-refractivity contribution in [3.63, 3.8) is 0 Å². The number of fused-ring (bicyclic) bond motifs is 1. The normalized spacial score (nSPS) is 20.2. The molecule has 382 valence electrons. The van der Waals surface area contributed by atoms with E-state index in [-0.39, 0.29) is 41.6 Å². The summed E-state index contributed by atoms with van der Waals surface area (Å²) in [6.07, 6.45) is 13.4. The van der Waals surface area contributed by atoms with Gasteiger partial charge >= 0.3 is 23.5 Å². The molecular weight excluding hydrogens is 963 g/mol. The smallest absolute Gasteiger partial charge is 0.386 e. The highest BCUT2D eigenvalue weighted by Gasteiger charge is 2.50. The predicted molar refractivity (Wildman–Crippen MR) is 247 cm³/mol. The molecule has 1 aliphatic heterocycles. The Morgan fingerprint density at radius 2 is 1.52 bits per heavy atom. The number of phosphoric acid groups is 3. The van der Waals surface area contributed by atoms with Gasteiger partial charge < -0.3 is 50.9 Å². The Kier molecular flexibility index (Phi) is 25.2. The van der Waals surface area contributed by atoms with Crippen LogP contribution < -0.4 is 16.4 Å². The molecule has 2 amide bonds. The molecule has 28 heteroatoms. The van der Waals surface area contributed by atoms with Gasteiger partial charge in [0.05, 0.1) is 19.5 Å². The van der Waals surface area contributed by atoms with Crippen LogP contribution in [0.1, 0.15) is 123 Å². The van der Waals surface area contributed by atoms with Crippen LogP contribution in [0.15, 0.2) is 24.8 Å². The lowest BCUT2D eigenvalue weighted by atomic mass is 9.87. The van der Waals surface area contributed by atoms with Crippen LogP contribution in [-0.4, -0.2) is 123 Å². The van der Waals surface area contributed by atoms with E-state index < -0.39 is 84.6 Å². The summed E-state index contributed by atoms with van der Waals surface area (Å²) in [6.45, 7) is 2.79. The van der Waals surface area contributed by atoms with Crippen LogP contribution in [0.3, 0.4) is 0 Å². The van der Waals surface area contributed by atoms with E-state index >= 15 is 0 Å². The minimum atomic E-state index is -5.57. The monoisotopic (exact) mass is 1030 g/mol. The average Bonchev–Trinajstić information content (AvgIpc) is 3.81. The molecule has 2 aromatic rings. The average molecular weight is 1030 g/mol. The van der Waals surface area contributed by atoms with Crippen molar-refractivity contribution >= 4 is 69.1 Å². The molecule has 0 radical (unpaired) electrons. The number of nitrogens with one attached hydrogen (secondary N) is 2. The molecule has 2 aromatic heterocycles. The predicted octanol–water partition coefficient (Wildman–Crippen LogP) is 4.70. The van der Waals surface area contributed by atoms with Crippen molar-refractivity contribution in [3.05, 3.63) is 24.8 Å². The van der Waals surface area contributed by atoms with Crippen LogP contribution in [0.25, 0.3) is 11.2 Å². The lowest BCUT2D eigenvalue weighted by molar-refractivity contribution is -0.137. The zero-order valence-corrected chi connectivity index (χ0v) is 41.6. The molecule has 0 aliphatic carbocycles. The number of nitrogens with two attached hydrogens (primary N) is 1. The number of rotatable bonds is 34. The number of imidazole rings is 1. The Morgan fingerprint density at radius 1 is 0.896 bits per heavy atom. The summed E-state index contributed by atoms with van der Waals surface area (Å²) in [7, 11) is -16.4. The molecule has 3 unspecified atom stereocenters. The zero-order valence-electron chi connectivity index (χ0n) is 38.1. The van der Waals surface area contributed by atoms with Crippen molar-refractivity contribution in [3.8, 4) is 0 Å². The first kappa shape index (κ1) is 58.6. The summed E-state index contributed by atoms with van der Waals surface area (Å²) in [6, 6.07) is 0. The summed E-state index contributed by atoms with van der Waals surface area (Å²) in [4.78, 5) is 88.3. The Labute approximate surface area is 394 Å². The third-order valence-electron chi connectivity index (χ3n) is 10.4. The van der Waals surface area contributed by atoms with Gasteiger partial charge in [-0.2, -0.15) is 4.31 Å². The number of phosphoric ester groups is 3. The number of hydrogen-bond donors (Lipinski definition) is 9. The van der Waals surface area contributed by atoms with Gasteiger partial charge in [0.15, 0.2) is 22.8 Å². The number of nitrogen functional groups attached to an aromatic ring is 1. The second-order valence-corrected chi connectivity index (χ2v) is 22.0. The standard InChI is InChI=1S/C39H68N7O17P3S/c1-4-5-6-7-8-9-10-11-12-13-14-15-16-17-18-19-30(48)67-23-22-41-29(47)20-21-42-37(51)34(50)39(2,3)25-60-66(57,58)63-65(55,56)59-24-28-33(62-64(52,53)54)32(49)38(61-28)46-27-45-31-35(40)43-26-44-36(31)46/h9-10,26-28,32-34,38,49-50H,4-8,11-25H2,1-3H3,(H,41,47)(H,42,51)(H,55,56)(H,57,58)(H2,40,43,44)(H2,52,53,54)/b10-9-/t28-,32?,33+,34+,38-/m1/s1. The number of amides is 2. The van der Waals surface area contributed by atoms with Crippen molar-refractivity contribution in [2.75, 3.05) is 37.8 Å². The van der Waals surface area contributed by atoms with Gasteiger partial charge in [0, 0.05) is 37.1 Å². The van der Waals surface area contributed by atoms with E-state index in [1.807, 2.05) is 0 Å². The fourth-order valence-electron chi connectivity index (χ4n) is 6.71. The molecule has 10 N–H and O–H groups in total. The number of nitrogens with zero attached hydrogens (tertiary/aromatic N) is 4. The number of aliphatic hydroxyl groups excluding tert-OH is 2. The number of hydrogen-bond acceptors (Lipinski definition) is 18. The van der Waals surface area contributed by atoms with Crippen LogP contribution in [0.5, 0.6) is 0 Å². The Morgan fingerprint density at radius 3 is 2.18 bits per heavy atom. The Hall–Kier alpha value is -2.70. The Bertz CT molecular complexity index is 2040. The van der Waals surface area contributed by atoms with Gasteiger partial charge in [0.2, 0.25) is 11.8 Å². The molecule has 0 saturated carbocycles. The summed E-state index contributed by atoms with van der Waals surface area (Å²) in [5.41, 5.74) is 4.29. The van der Waals surface area contributed by atoms with Gasteiger partial charge in [0.25, 0.3) is 0 Å². The van der Waals surface area contributed by atoms with Crippen LogP contribution >= 0.6 is 35.2 Å². The summed E-state index contributed by atoms with van der Waals surface area (Å²) < 4.78 is 62.4. The van der Waals surface area contributed by atoms with E-state index in [2.05, 4.69) is 53.5 Å². The first-order valence-electron chi connectivity index (χ1n) is 22.3. The number of carbonyl (C=O) groups excluding carboxylic acids is 3. The fraction of sp³-hybridized carbons (Fsp3) is 0.744. The molecular formula is C39H68N7O17P3S. The van der Waals surface area contributed by atoms with Crippen molar-refractivity contribution < 1.29 is 80.5 Å². The molecule has 1 fully saturated rings. The first-order chi connectivity index (χ1) is 31.6. The van der Waals surface area contributed by atoms with Crippen molar-refractivity contribution in [1.82, 2.24) is 30.2 Å².